The fourth-order valence-electron chi connectivity index (χ4n) is 2.71. The Morgan fingerprint density at radius 1 is 1.04 bits per heavy atom. The molecule has 1 aliphatic rings. The number of hydrogen-bond donors (Lipinski definition) is 1. The van der Waals surface area contributed by atoms with Crippen molar-refractivity contribution in [2.75, 3.05) is 31.1 Å². The van der Waals surface area contributed by atoms with Crippen molar-refractivity contribution < 1.29 is 8.42 Å². The molecule has 2 heterocycles. The highest BCUT2D eigenvalue weighted by atomic mass is 32.2. The van der Waals surface area contributed by atoms with Gasteiger partial charge in [-0.3, -0.25) is 4.79 Å². The van der Waals surface area contributed by atoms with Crippen molar-refractivity contribution in [2.24, 2.45) is 0 Å². The number of aromatic nitrogens is 1. The van der Waals surface area contributed by atoms with Gasteiger partial charge in [-0.1, -0.05) is 12.1 Å². The summed E-state index contributed by atoms with van der Waals surface area (Å²) in [7, 11) is -3.45. The van der Waals surface area contributed by atoms with Crippen LogP contribution < -0.4 is 10.5 Å². The molecule has 122 valence electrons. The van der Waals surface area contributed by atoms with Gasteiger partial charge in [-0.25, -0.2) is 8.42 Å². The van der Waals surface area contributed by atoms with Crippen LogP contribution in [-0.4, -0.2) is 43.9 Å². The molecule has 1 saturated heterocycles. The van der Waals surface area contributed by atoms with Gasteiger partial charge in [0.2, 0.25) is 15.6 Å². The molecule has 1 aliphatic heterocycles. The first-order chi connectivity index (χ1) is 11.0. The lowest BCUT2D eigenvalue weighted by Crippen LogP contribution is -2.48. The zero-order valence-corrected chi connectivity index (χ0v) is 13.7. The number of aryl methyl sites for hydroxylation is 1. The first-order valence-corrected chi connectivity index (χ1v) is 8.91. The molecule has 0 radical (unpaired) electrons. The highest BCUT2D eigenvalue weighted by Crippen LogP contribution is 2.20. The van der Waals surface area contributed by atoms with E-state index < -0.39 is 10.0 Å². The van der Waals surface area contributed by atoms with Crippen LogP contribution in [0.4, 0.5) is 5.69 Å². The van der Waals surface area contributed by atoms with Gasteiger partial charge < -0.3 is 9.88 Å². The van der Waals surface area contributed by atoms with Gasteiger partial charge >= 0.3 is 0 Å². The number of aromatic amines is 1. The van der Waals surface area contributed by atoms with Crippen LogP contribution in [-0.2, 0) is 10.0 Å². The van der Waals surface area contributed by atoms with Gasteiger partial charge in [0.15, 0.2) is 0 Å². The van der Waals surface area contributed by atoms with Gasteiger partial charge in [0.1, 0.15) is 0 Å². The maximum atomic E-state index is 12.7. The fourth-order valence-corrected chi connectivity index (χ4v) is 4.24. The van der Waals surface area contributed by atoms with Crippen LogP contribution in [0.3, 0.4) is 0 Å². The Hall–Kier alpha value is -2.12. The minimum Gasteiger partial charge on any atom is -0.368 e. The molecule has 0 atom stereocenters. The number of hydrogen-bond acceptors (Lipinski definition) is 4. The summed E-state index contributed by atoms with van der Waals surface area (Å²) in [6.45, 7) is 3.92. The fraction of sp³-hybridized carbons (Fsp3) is 0.312. The molecular formula is C16H19N3O3S. The second-order valence-electron chi connectivity index (χ2n) is 5.62. The molecule has 1 aromatic carbocycles. The van der Waals surface area contributed by atoms with E-state index in [1.54, 1.807) is 30.5 Å². The number of pyridine rings is 1. The standard InChI is InChI=1S/C16H19N3O3S/c1-13-3-2-4-15(11-13)23(21,22)19-9-7-18(8-10-19)14-5-6-16(20)17-12-14/h2-6,11-12H,7-10H2,1H3,(H,17,20). The van der Waals surface area contributed by atoms with Crippen molar-refractivity contribution >= 4 is 15.7 Å². The Morgan fingerprint density at radius 3 is 2.39 bits per heavy atom. The third-order valence-electron chi connectivity index (χ3n) is 4.00. The molecule has 0 saturated carbocycles. The number of benzene rings is 1. The minimum atomic E-state index is -3.45. The molecule has 0 amide bonds. The van der Waals surface area contributed by atoms with Crippen LogP contribution in [0.5, 0.6) is 0 Å². The van der Waals surface area contributed by atoms with Crippen LogP contribution >= 0.6 is 0 Å². The summed E-state index contributed by atoms with van der Waals surface area (Å²) in [6, 6.07) is 10.2. The van der Waals surface area contributed by atoms with Crippen LogP contribution in [0.25, 0.3) is 0 Å². The van der Waals surface area contributed by atoms with Crippen molar-refractivity contribution in [1.29, 1.82) is 0 Å². The summed E-state index contributed by atoms with van der Waals surface area (Å²) in [5.74, 6) is 0. The highest BCUT2D eigenvalue weighted by molar-refractivity contribution is 7.89. The van der Waals surface area contributed by atoms with Crippen LogP contribution in [0.1, 0.15) is 5.56 Å². The molecule has 0 spiro atoms. The highest BCUT2D eigenvalue weighted by Gasteiger charge is 2.28. The van der Waals surface area contributed by atoms with Gasteiger partial charge in [0.25, 0.3) is 0 Å². The second kappa shape index (κ2) is 6.17. The Balaban J connectivity index is 1.73. The van der Waals surface area contributed by atoms with E-state index in [1.165, 1.54) is 10.4 Å². The molecule has 0 unspecified atom stereocenters. The van der Waals surface area contributed by atoms with Crippen LogP contribution in [0, 0.1) is 6.92 Å². The summed E-state index contributed by atoms with van der Waals surface area (Å²) in [5.41, 5.74) is 1.68. The topological polar surface area (TPSA) is 73.5 Å². The monoisotopic (exact) mass is 333 g/mol. The van der Waals surface area contributed by atoms with Gasteiger partial charge in [-0.05, 0) is 30.7 Å². The Labute approximate surface area is 135 Å². The SMILES string of the molecule is Cc1cccc(S(=O)(=O)N2CCN(c3ccc(=O)[nH]c3)CC2)c1. The molecule has 1 N–H and O–H groups in total. The maximum absolute atomic E-state index is 12.7. The predicted octanol–water partition coefficient (Wildman–Crippen LogP) is 1.19. The zero-order chi connectivity index (χ0) is 16.4. The molecule has 3 rings (SSSR count). The number of piperazine rings is 1. The normalized spacial score (nSPS) is 16.5. The molecule has 7 heteroatoms. The lowest BCUT2D eigenvalue weighted by Gasteiger charge is -2.35. The molecule has 2 aromatic rings. The number of nitrogens with one attached hydrogen (secondary N) is 1. The number of sulfonamides is 1. The third-order valence-corrected chi connectivity index (χ3v) is 5.89. The average molecular weight is 333 g/mol. The van der Waals surface area contributed by atoms with Gasteiger partial charge in [0, 0.05) is 38.4 Å². The lowest BCUT2D eigenvalue weighted by atomic mass is 10.2. The maximum Gasteiger partial charge on any atom is 0.248 e. The Bertz CT molecular complexity index is 832. The van der Waals surface area contributed by atoms with Crippen LogP contribution in [0.2, 0.25) is 0 Å². The third kappa shape index (κ3) is 3.30. The van der Waals surface area contributed by atoms with Crippen LogP contribution in [0.15, 0.2) is 52.3 Å². The largest absolute Gasteiger partial charge is 0.368 e. The molecule has 0 aliphatic carbocycles. The minimum absolute atomic E-state index is 0.144. The number of anilines is 1. The van der Waals surface area contributed by atoms with E-state index >= 15 is 0 Å². The lowest BCUT2D eigenvalue weighted by molar-refractivity contribution is 0.385. The van der Waals surface area contributed by atoms with Crippen molar-refractivity contribution in [1.82, 2.24) is 9.29 Å². The molecular weight excluding hydrogens is 314 g/mol. The van der Waals surface area contributed by atoms with E-state index in [4.69, 9.17) is 0 Å². The van der Waals surface area contributed by atoms with Gasteiger partial charge in [0.05, 0.1) is 10.6 Å². The summed E-state index contributed by atoms with van der Waals surface area (Å²) in [5, 5.41) is 0. The van der Waals surface area contributed by atoms with E-state index in [9.17, 15) is 13.2 Å². The second-order valence-corrected chi connectivity index (χ2v) is 7.56. The summed E-state index contributed by atoms with van der Waals surface area (Å²) in [4.78, 5) is 16.2. The molecule has 6 nitrogen and oxygen atoms in total. The van der Waals surface area contributed by atoms with Gasteiger partial charge in [-0.15, -0.1) is 0 Å². The van der Waals surface area contributed by atoms with E-state index in [0.717, 1.165) is 11.3 Å². The first-order valence-electron chi connectivity index (χ1n) is 7.47. The number of H-pyrrole nitrogens is 1. The van der Waals surface area contributed by atoms with Crippen molar-refractivity contribution in [3.05, 3.63) is 58.5 Å². The average Bonchev–Trinajstić information content (AvgIpc) is 2.56. The molecule has 1 aromatic heterocycles. The molecule has 1 fully saturated rings. The van der Waals surface area contributed by atoms with Gasteiger partial charge in [-0.2, -0.15) is 4.31 Å². The Kier molecular flexibility index (Phi) is 4.23. The van der Waals surface area contributed by atoms with E-state index in [2.05, 4.69) is 9.88 Å². The summed E-state index contributed by atoms with van der Waals surface area (Å²) < 4.78 is 26.9. The zero-order valence-electron chi connectivity index (χ0n) is 12.9. The number of nitrogens with zero attached hydrogens (tertiary/aromatic N) is 2. The quantitative estimate of drug-likeness (QED) is 0.916. The van der Waals surface area contributed by atoms with Crippen molar-refractivity contribution in [3.63, 3.8) is 0 Å². The smallest absolute Gasteiger partial charge is 0.248 e. The van der Waals surface area contributed by atoms with E-state index in [0.29, 0.717) is 31.1 Å². The molecule has 0 bridgehead atoms. The Morgan fingerprint density at radius 2 is 1.78 bits per heavy atom. The summed E-state index contributed by atoms with van der Waals surface area (Å²) >= 11 is 0. The van der Waals surface area contributed by atoms with E-state index in [1.807, 2.05) is 13.0 Å². The molecule has 23 heavy (non-hydrogen) atoms. The predicted molar refractivity (Wildman–Crippen MR) is 89.2 cm³/mol. The first kappa shape index (κ1) is 15.8. The van der Waals surface area contributed by atoms with Crippen molar-refractivity contribution in [3.8, 4) is 0 Å². The summed E-state index contributed by atoms with van der Waals surface area (Å²) in [6.07, 6.45) is 1.66. The van der Waals surface area contributed by atoms with E-state index in [-0.39, 0.29) is 5.56 Å². The number of rotatable bonds is 3. The van der Waals surface area contributed by atoms with Crippen molar-refractivity contribution in [2.45, 2.75) is 11.8 Å².